The maximum absolute atomic E-state index is 12.2. The number of rotatable bonds is 3. The first-order chi connectivity index (χ1) is 9.81. The summed E-state index contributed by atoms with van der Waals surface area (Å²) in [5.41, 5.74) is 0. The van der Waals surface area contributed by atoms with Crippen molar-refractivity contribution in [2.45, 2.75) is 38.0 Å². The van der Waals surface area contributed by atoms with Crippen molar-refractivity contribution < 1.29 is 4.79 Å². The van der Waals surface area contributed by atoms with Gasteiger partial charge in [0.1, 0.15) is 5.82 Å². The third kappa shape index (κ3) is 2.30. The van der Waals surface area contributed by atoms with E-state index in [9.17, 15) is 4.79 Å². The van der Waals surface area contributed by atoms with Crippen LogP contribution >= 0.6 is 11.5 Å². The van der Waals surface area contributed by atoms with Crippen molar-refractivity contribution in [3.8, 4) is 0 Å². The first kappa shape index (κ1) is 12.6. The minimum Gasteiger partial charge on any atom is -0.343 e. The maximum atomic E-state index is 12.2. The summed E-state index contributed by atoms with van der Waals surface area (Å²) in [6, 6.07) is 0. The molecular formula is C14H20N4OS. The van der Waals surface area contributed by atoms with Crippen LogP contribution in [0.25, 0.3) is 0 Å². The van der Waals surface area contributed by atoms with Gasteiger partial charge in [-0.2, -0.15) is 4.37 Å². The van der Waals surface area contributed by atoms with Crippen molar-refractivity contribution in [3.05, 3.63) is 5.82 Å². The minimum absolute atomic E-state index is 0.324. The molecule has 2 saturated carbocycles. The van der Waals surface area contributed by atoms with Gasteiger partial charge in [-0.15, -0.1) is 0 Å². The van der Waals surface area contributed by atoms with Gasteiger partial charge in [-0.25, -0.2) is 4.98 Å². The van der Waals surface area contributed by atoms with Crippen LogP contribution in [0.1, 0.15) is 43.8 Å². The Morgan fingerprint density at radius 2 is 1.85 bits per heavy atom. The van der Waals surface area contributed by atoms with E-state index in [-0.39, 0.29) is 0 Å². The molecule has 0 N–H and O–H groups in total. The van der Waals surface area contributed by atoms with E-state index >= 15 is 0 Å². The Labute approximate surface area is 123 Å². The summed E-state index contributed by atoms with van der Waals surface area (Å²) in [6.07, 6.45) is 5.92. The zero-order chi connectivity index (χ0) is 13.5. The average Bonchev–Trinajstić information content (AvgIpc) is 3.15. The third-order valence-corrected chi connectivity index (χ3v) is 5.48. The first-order valence-electron chi connectivity index (χ1n) is 7.68. The molecule has 0 spiro atoms. The number of aromatic nitrogens is 2. The number of anilines is 1. The van der Waals surface area contributed by atoms with Gasteiger partial charge < -0.3 is 9.80 Å². The standard InChI is InChI=1S/C14H20N4OS/c19-13(11-2-1-3-11)17-6-8-18(9-7-17)14-15-12(16-20-14)10-4-5-10/h10-11H,1-9H2. The third-order valence-electron chi connectivity index (χ3n) is 4.69. The molecule has 3 fully saturated rings. The molecule has 108 valence electrons. The second-order valence-electron chi connectivity index (χ2n) is 6.15. The quantitative estimate of drug-likeness (QED) is 0.853. The van der Waals surface area contributed by atoms with Gasteiger partial charge in [0.05, 0.1) is 0 Å². The Hall–Kier alpha value is -1.17. The van der Waals surface area contributed by atoms with Gasteiger partial charge in [0, 0.05) is 49.5 Å². The molecule has 6 heteroatoms. The van der Waals surface area contributed by atoms with E-state index in [1.54, 1.807) is 0 Å². The Balaban J connectivity index is 1.34. The van der Waals surface area contributed by atoms with E-state index in [2.05, 4.69) is 14.3 Å². The summed E-state index contributed by atoms with van der Waals surface area (Å²) in [6.45, 7) is 3.48. The van der Waals surface area contributed by atoms with Crippen molar-refractivity contribution in [2.24, 2.45) is 5.92 Å². The number of piperazine rings is 1. The number of amides is 1. The van der Waals surface area contributed by atoms with Gasteiger partial charge in [-0.3, -0.25) is 4.79 Å². The zero-order valence-electron chi connectivity index (χ0n) is 11.6. The Morgan fingerprint density at radius 3 is 2.45 bits per heavy atom. The summed E-state index contributed by atoms with van der Waals surface area (Å²) in [5, 5.41) is 1.04. The van der Waals surface area contributed by atoms with Gasteiger partial charge >= 0.3 is 0 Å². The van der Waals surface area contributed by atoms with Gasteiger partial charge in [0.25, 0.3) is 0 Å². The number of carbonyl (C=O) groups excluding carboxylic acids is 1. The summed E-state index contributed by atoms with van der Waals surface area (Å²) in [5.74, 6) is 2.37. The highest BCUT2D eigenvalue weighted by atomic mass is 32.1. The molecule has 2 heterocycles. The lowest BCUT2D eigenvalue weighted by Crippen LogP contribution is -2.51. The second kappa shape index (κ2) is 4.98. The number of nitrogens with zero attached hydrogens (tertiary/aromatic N) is 4. The first-order valence-corrected chi connectivity index (χ1v) is 8.46. The zero-order valence-corrected chi connectivity index (χ0v) is 12.4. The van der Waals surface area contributed by atoms with E-state index in [0.717, 1.165) is 50.0 Å². The summed E-state index contributed by atoms with van der Waals surface area (Å²) in [4.78, 5) is 21.2. The lowest BCUT2D eigenvalue weighted by molar-refractivity contribution is -0.138. The SMILES string of the molecule is O=C(C1CCC1)N1CCN(c2nc(C3CC3)ns2)CC1. The van der Waals surface area contributed by atoms with Crippen LogP contribution < -0.4 is 4.90 Å². The predicted octanol–water partition coefficient (Wildman–Crippen LogP) is 1.86. The van der Waals surface area contributed by atoms with Crippen LogP contribution in [-0.2, 0) is 4.79 Å². The molecule has 0 aromatic carbocycles. The predicted molar refractivity (Wildman–Crippen MR) is 78.0 cm³/mol. The van der Waals surface area contributed by atoms with E-state index in [4.69, 9.17) is 0 Å². The molecular weight excluding hydrogens is 272 g/mol. The molecule has 1 aliphatic heterocycles. The van der Waals surface area contributed by atoms with Crippen molar-refractivity contribution in [1.82, 2.24) is 14.3 Å². The molecule has 0 atom stereocenters. The number of hydrogen-bond acceptors (Lipinski definition) is 5. The molecule has 1 saturated heterocycles. The van der Waals surface area contributed by atoms with E-state index in [1.807, 2.05) is 4.90 Å². The van der Waals surface area contributed by atoms with Crippen molar-refractivity contribution in [3.63, 3.8) is 0 Å². The topological polar surface area (TPSA) is 49.3 Å². The smallest absolute Gasteiger partial charge is 0.225 e. The van der Waals surface area contributed by atoms with E-state index < -0.39 is 0 Å². The molecule has 0 radical (unpaired) electrons. The number of hydrogen-bond donors (Lipinski definition) is 0. The minimum atomic E-state index is 0.324. The normalized spacial score (nSPS) is 23.8. The Kier molecular flexibility index (Phi) is 3.13. The summed E-state index contributed by atoms with van der Waals surface area (Å²) < 4.78 is 4.47. The second-order valence-corrected chi connectivity index (χ2v) is 6.88. The number of carbonyl (C=O) groups is 1. The molecule has 1 aromatic rings. The Bertz CT molecular complexity index is 501. The van der Waals surface area contributed by atoms with Crippen LogP contribution in [0.4, 0.5) is 5.13 Å². The molecule has 5 nitrogen and oxygen atoms in total. The van der Waals surface area contributed by atoms with Crippen molar-refractivity contribution in [2.75, 3.05) is 31.1 Å². The molecule has 0 unspecified atom stereocenters. The highest BCUT2D eigenvalue weighted by Crippen LogP contribution is 2.39. The van der Waals surface area contributed by atoms with Crippen LogP contribution in [0.5, 0.6) is 0 Å². The molecule has 1 amide bonds. The fourth-order valence-corrected chi connectivity index (χ4v) is 3.69. The van der Waals surface area contributed by atoms with E-state index in [0.29, 0.717) is 17.7 Å². The molecule has 0 bridgehead atoms. The molecule has 3 aliphatic rings. The lowest BCUT2D eigenvalue weighted by Gasteiger charge is -2.38. The monoisotopic (exact) mass is 292 g/mol. The average molecular weight is 292 g/mol. The fourth-order valence-electron chi connectivity index (χ4n) is 2.89. The Morgan fingerprint density at radius 1 is 1.10 bits per heavy atom. The van der Waals surface area contributed by atoms with Crippen molar-refractivity contribution >= 4 is 22.6 Å². The molecule has 20 heavy (non-hydrogen) atoms. The highest BCUT2D eigenvalue weighted by Gasteiger charge is 2.32. The van der Waals surface area contributed by atoms with Crippen molar-refractivity contribution in [1.29, 1.82) is 0 Å². The van der Waals surface area contributed by atoms with Crippen LogP contribution in [0.2, 0.25) is 0 Å². The largest absolute Gasteiger partial charge is 0.343 e. The fraction of sp³-hybridized carbons (Fsp3) is 0.786. The lowest BCUT2D eigenvalue weighted by atomic mass is 9.84. The van der Waals surface area contributed by atoms with Crippen LogP contribution in [0.15, 0.2) is 0 Å². The maximum Gasteiger partial charge on any atom is 0.225 e. The summed E-state index contributed by atoms with van der Waals surface area (Å²) >= 11 is 1.52. The molecule has 4 rings (SSSR count). The van der Waals surface area contributed by atoms with Gasteiger partial charge in [-0.05, 0) is 25.7 Å². The van der Waals surface area contributed by atoms with Crippen LogP contribution in [0, 0.1) is 5.92 Å². The van der Waals surface area contributed by atoms with Gasteiger partial charge in [0.15, 0.2) is 0 Å². The molecule has 2 aliphatic carbocycles. The van der Waals surface area contributed by atoms with Crippen LogP contribution in [0.3, 0.4) is 0 Å². The van der Waals surface area contributed by atoms with Gasteiger partial charge in [-0.1, -0.05) is 6.42 Å². The van der Waals surface area contributed by atoms with E-state index in [1.165, 1.54) is 30.8 Å². The van der Waals surface area contributed by atoms with Gasteiger partial charge in [0.2, 0.25) is 11.0 Å². The summed E-state index contributed by atoms with van der Waals surface area (Å²) in [7, 11) is 0. The van der Waals surface area contributed by atoms with Crippen LogP contribution in [-0.4, -0.2) is 46.3 Å². The molecule has 1 aromatic heterocycles. The highest BCUT2D eigenvalue weighted by molar-refractivity contribution is 7.09.